The SMILES string of the molecule is Cc1nc(-c2ccccc2Cl)sc1CNC(=O)c1c(F)cccc1Cl. The quantitative estimate of drug-likeness (QED) is 0.634. The van der Waals surface area contributed by atoms with Gasteiger partial charge in [-0.05, 0) is 25.1 Å². The first-order valence-electron chi connectivity index (χ1n) is 7.41. The highest BCUT2D eigenvalue weighted by Gasteiger charge is 2.17. The van der Waals surface area contributed by atoms with Gasteiger partial charge in [0, 0.05) is 10.4 Å². The van der Waals surface area contributed by atoms with Crippen LogP contribution in [0.1, 0.15) is 20.9 Å². The molecule has 0 unspecified atom stereocenters. The van der Waals surface area contributed by atoms with Crippen LogP contribution in [0, 0.1) is 12.7 Å². The first-order valence-corrected chi connectivity index (χ1v) is 8.98. The van der Waals surface area contributed by atoms with Crippen molar-refractivity contribution in [1.29, 1.82) is 0 Å². The number of rotatable bonds is 4. The van der Waals surface area contributed by atoms with E-state index >= 15 is 0 Å². The van der Waals surface area contributed by atoms with Gasteiger partial charge in [0.1, 0.15) is 10.8 Å². The molecule has 2 aromatic carbocycles. The molecule has 3 nitrogen and oxygen atoms in total. The minimum absolute atomic E-state index is 0.0790. The molecule has 3 rings (SSSR count). The second-order valence-corrected chi connectivity index (χ2v) is 7.18. The molecule has 1 aromatic heterocycles. The fourth-order valence-corrected chi connectivity index (χ4v) is 3.88. The number of aromatic nitrogens is 1. The van der Waals surface area contributed by atoms with Crippen LogP contribution in [-0.4, -0.2) is 10.9 Å². The summed E-state index contributed by atoms with van der Waals surface area (Å²) < 4.78 is 13.8. The van der Waals surface area contributed by atoms with Crippen LogP contribution in [0.15, 0.2) is 42.5 Å². The topological polar surface area (TPSA) is 42.0 Å². The van der Waals surface area contributed by atoms with E-state index in [4.69, 9.17) is 23.2 Å². The molecule has 0 radical (unpaired) electrons. The Hall–Kier alpha value is -1.95. The van der Waals surface area contributed by atoms with Crippen LogP contribution < -0.4 is 5.32 Å². The van der Waals surface area contributed by atoms with Gasteiger partial charge in [0.2, 0.25) is 0 Å². The Bertz CT molecular complexity index is 922. The third-order valence-corrected chi connectivity index (χ3v) is 5.43. The van der Waals surface area contributed by atoms with E-state index in [1.165, 1.54) is 29.5 Å². The van der Waals surface area contributed by atoms with Gasteiger partial charge in [-0.2, -0.15) is 0 Å². The zero-order valence-electron chi connectivity index (χ0n) is 13.1. The molecule has 25 heavy (non-hydrogen) atoms. The number of hydrogen-bond acceptors (Lipinski definition) is 3. The predicted molar refractivity (Wildman–Crippen MR) is 99.9 cm³/mol. The molecule has 1 N–H and O–H groups in total. The van der Waals surface area contributed by atoms with Gasteiger partial charge in [-0.3, -0.25) is 4.79 Å². The molecule has 0 spiro atoms. The maximum absolute atomic E-state index is 13.8. The zero-order valence-corrected chi connectivity index (χ0v) is 15.5. The minimum Gasteiger partial charge on any atom is -0.347 e. The molecule has 128 valence electrons. The van der Waals surface area contributed by atoms with Crippen molar-refractivity contribution in [2.24, 2.45) is 0 Å². The van der Waals surface area contributed by atoms with Gasteiger partial charge in [0.25, 0.3) is 5.91 Å². The molecule has 0 fully saturated rings. The van der Waals surface area contributed by atoms with Crippen LogP contribution in [0.25, 0.3) is 10.6 Å². The highest BCUT2D eigenvalue weighted by molar-refractivity contribution is 7.15. The van der Waals surface area contributed by atoms with Crippen LogP contribution >= 0.6 is 34.5 Å². The van der Waals surface area contributed by atoms with E-state index in [9.17, 15) is 9.18 Å². The fraction of sp³-hybridized carbons (Fsp3) is 0.111. The lowest BCUT2D eigenvalue weighted by molar-refractivity contribution is 0.0947. The van der Waals surface area contributed by atoms with E-state index in [2.05, 4.69) is 10.3 Å². The third kappa shape index (κ3) is 3.84. The molecule has 0 aliphatic carbocycles. The lowest BCUT2D eigenvalue weighted by Crippen LogP contribution is -2.24. The number of amides is 1. The Balaban J connectivity index is 1.78. The predicted octanol–water partition coefficient (Wildman–Crippen LogP) is 5.49. The number of hydrogen-bond donors (Lipinski definition) is 1. The Labute approximate surface area is 158 Å². The first-order chi connectivity index (χ1) is 12.0. The van der Waals surface area contributed by atoms with Gasteiger partial charge in [-0.15, -0.1) is 11.3 Å². The Morgan fingerprint density at radius 3 is 2.60 bits per heavy atom. The van der Waals surface area contributed by atoms with Crippen LogP contribution in [0.3, 0.4) is 0 Å². The zero-order chi connectivity index (χ0) is 18.0. The molecule has 1 amide bonds. The second-order valence-electron chi connectivity index (χ2n) is 5.29. The average Bonchev–Trinajstić information content (AvgIpc) is 2.94. The largest absolute Gasteiger partial charge is 0.347 e. The normalized spacial score (nSPS) is 10.7. The highest BCUT2D eigenvalue weighted by atomic mass is 35.5. The number of carbonyl (C=O) groups excluding carboxylic acids is 1. The van der Waals surface area contributed by atoms with Gasteiger partial charge in [-0.1, -0.05) is 47.5 Å². The monoisotopic (exact) mass is 394 g/mol. The third-order valence-electron chi connectivity index (χ3n) is 3.60. The summed E-state index contributed by atoms with van der Waals surface area (Å²) in [5.41, 5.74) is 1.48. The number of aryl methyl sites for hydroxylation is 1. The average molecular weight is 395 g/mol. The van der Waals surface area contributed by atoms with E-state index in [0.717, 1.165) is 21.1 Å². The van der Waals surface area contributed by atoms with Gasteiger partial charge < -0.3 is 5.32 Å². The summed E-state index contributed by atoms with van der Waals surface area (Å²) in [6.45, 7) is 2.09. The molecular weight excluding hydrogens is 382 g/mol. The van der Waals surface area contributed by atoms with Crippen LogP contribution in [0.5, 0.6) is 0 Å². The Morgan fingerprint density at radius 1 is 1.16 bits per heavy atom. The van der Waals surface area contributed by atoms with Gasteiger partial charge >= 0.3 is 0 Å². The highest BCUT2D eigenvalue weighted by Crippen LogP contribution is 2.32. The number of carbonyl (C=O) groups is 1. The summed E-state index contributed by atoms with van der Waals surface area (Å²) in [7, 11) is 0. The van der Waals surface area contributed by atoms with Crippen LogP contribution in [-0.2, 0) is 6.54 Å². The van der Waals surface area contributed by atoms with Crippen molar-refractivity contribution in [2.75, 3.05) is 0 Å². The van der Waals surface area contributed by atoms with Crippen molar-refractivity contribution < 1.29 is 9.18 Å². The fourth-order valence-electron chi connectivity index (χ4n) is 2.31. The van der Waals surface area contributed by atoms with E-state index in [-0.39, 0.29) is 17.1 Å². The van der Waals surface area contributed by atoms with E-state index in [1.54, 1.807) is 6.07 Å². The maximum atomic E-state index is 13.8. The minimum atomic E-state index is -0.650. The van der Waals surface area contributed by atoms with E-state index < -0.39 is 11.7 Å². The maximum Gasteiger partial charge on any atom is 0.256 e. The smallest absolute Gasteiger partial charge is 0.256 e. The summed E-state index contributed by atoms with van der Waals surface area (Å²) in [6.07, 6.45) is 0. The second kappa shape index (κ2) is 7.52. The number of nitrogens with zero attached hydrogens (tertiary/aromatic N) is 1. The Morgan fingerprint density at radius 2 is 1.88 bits per heavy atom. The molecule has 0 saturated heterocycles. The number of nitrogens with one attached hydrogen (secondary N) is 1. The van der Waals surface area contributed by atoms with Crippen LogP contribution in [0.4, 0.5) is 4.39 Å². The molecule has 1 heterocycles. The summed E-state index contributed by atoms with van der Waals surface area (Å²) in [4.78, 5) is 17.6. The molecule has 0 bridgehead atoms. The molecular formula is C18H13Cl2FN2OS. The lowest BCUT2D eigenvalue weighted by Gasteiger charge is -2.07. The number of benzene rings is 2. The van der Waals surface area contributed by atoms with Crippen molar-refractivity contribution in [2.45, 2.75) is 13.5 Å². The molecule has 0 saturated carbocycles. The van der Waals surface area contributed by atoms with Crippen molar-refractivity contribution in [3.8, 4) is 10.6 Å². The van der Waals surface area contributed by atoms with Crippen molar-refractivity contribution >= 4 is 40.4 Å². The number of halogens is 3. The summed E-state index contributed by atoms with van der Waals surface area (Å²) in [5, 5.41) is 4.16. The van der Waals surface area contributed by atoms with Gasteiger partial charge in [-0.25, -0.2) is 9.37 Å². The van der Waals surface area contributed by atoms with Crippen molar-refractivity contribution in [1.82, 2.24) is 10.3 Å². The molecule has 0 aliphatic rings. The van der Waals surface area contributed by atoms with Crippen molar-refractivity contribution in [3.05, 3.63) is 74.5 Å². The van der Waals surface area contributed by atoms with E-state index in [1.807, 2.05) is 25.1 Å². The standard InChI is InChI=1S/C18H13Cl2FN2OS/c1-10-15(25-18(23-10)11-5-2-3-6-12(11)19)9-22-17(24)16-13(20)7-4-8-14(16)21/h2-8H,9H2,1H3,(H,22,24). The van der Waals surface area contributed by atoms with Crippen molar-refractivity contribution in [3.63, 3.8) is 0 Å². The van der Waals surface area contributed by atoms with Gasteiger partial charge in [0.05, 0.1) is 27.8 Å². The summed E-state index contributed by atoms with van der Waals surface area (Å²) in [6, 6.07) is 11.6. The lowest BCUT2D eigenvalue weighted by atomic mass is 10.2. The van der Waals surface area contributed by atoms with Crippen LogP contribution in [0.2, 0.25) is 10.0 Å². The molecule has 7 heteroatoms. The molecule has 3 aromatic rings. The van der Waals surface area contributed by atoms with Gasteiger partial charge in [0.15, 0.2) is 0 Å². The number of thiazole rings is 1. The summed E-state index contributed by atoms with van der Waals surface area (Å²) in [5.74, 6) is -1.21. The molecule has 0 aliphatic heterocycles. The van der Waals surface area contributed by atoms with E-state index in [0.29, 0.717) is 5.02 Å². The first kappa shape index (κ1) is 17.9. The summed E-state index contributed by atoms with van der Waals surface area (Å²) >= 11 is 13.6. The Kier molecular flexibility index (Phi) is 5.37. The molecule has 0 atom stereocenters.